The summed E-state index contributed by atoms with van der Waals surface area (Å²) in [6.07, 6.45) is 8.96. The molecule has 5 heteroatoms. The number of nitrogens with one attached hydrogen (secondary N) is 1. The molecule has 4 saturated carbocycles. The van der Waals surface area contributed by atoms with Crippen molar-refractivity contribution in [1.82, 2.24) is 15.5 Å². The fourth-order valence-corrected chi connectivity index (χ4v) is 5.46. The Kier molecular flexibility index (Phi) is 3.46. The maximum atomic E-state index is 11.5. The Bertz CT molecular complexity index is 531. The molecule has 0 unspecified atom stereocenters. The van der Waals surface area contributed by atoms with Crippen molar-refractivity contribution >= 4 is 5.91 Å². The van der Waals surface area contributed by atoms with E-state index < -0.39 is 0 Å². The first kappa shape index (κ1) is 14.2. The second-order valence-electron chi connectivity index (χ2n) is 7.66. The summed E-state index contributed by atoms with van der Waals surface area (Å²) in [4.78, 5) is 16.2. The molecular formula is C17H25N3O2. The molecular weight excluding hydrogens is 278 g/mol. The first-order valence-corrected chi connectivity index (χ1v) is 8.76. The quantitative estimate of drug-likeness (QED) is 0.908. The molecule has 4 fully saturated rings. The van der Waals surface area contributed by atoms with Gasteiger partial charge in [0.2, 0.25) is 11.8 Å². The second-order valence-corrected chi connectivity index (χ2v) is 7.66. The van der Waals surface area contributed by atoms with Gasteiger partial charge in [-0.05, 0) is 63.2 Å². The molecule has 0 atom stereocenters. The van der Waals surface area contributed by atoms with Gasteiger partial charge < -0.3 is 9.84 Å². The summed E-state index contributed by atoms with van der Waals surface area (Å²) in [6, 6.07) is 0. The monoisotopic (exact) mass is 303 g/mol. The third-order valence-electron chi connectivity index (χ3n) is 5.92. The number of aromatic nitrogens is 2. The molecule has 4 bridgehead atoms. The van der Waals surface area contributed by atoms with Crippen molar-refractivity contribution < 1.29 is 9.32 Å². The van der Waals surface area contributed by atoms with Crippen LogP contribution >= 0.6 is 0 Å². The highest BCUT2D eigenvalue weighted by molar-refractivity contribution is 5.75. The fourth-order valence-electron chi connectivity index (χ4n) is 5.46. The van der Waals surface area contributed by atoms with Crippen LogP contribution in [-0.4, -0.2) is 22.6 Å². The van der Waals surface area contributed by atoms with Crippen molar-refractivity contribution in [3.05, 3.63) is 11.7 Å². The van der Waals surface area contributed by atoms with Crippen LogP contribution in [-0.2, 0) is 16.6 Å². The zero-order valence-electron chi connectivity index (χ0n) is 13.3. The maximum absolute atomic E-state index is 11.5. The second kappa shape index (κ2) is 5.36. The Morgan fingerprint density at radius 3 is 2.45 bits per heavy atom. The van der Waals surface area contributed by atoms with Crippen molar-refractivity contribution in [1.29, 1.82) is 0 Å². The lowest BCUT2D eigenvalue weighted by Gasteiger charge is -2.55. The molecule has 0 aromatic carbocycles. The predicted molar refractivity (Wildman–Crippen MR) is 81.2 cm³/mol. The molecule has 22 heavy (non-hydrogen) atoms. The number of carbonyl (C=O) groups is 1. The van der Waals surface area contributed by atoms with Crippen LogP contribution in [0, 0.1) is 17.8 Å². The molecule has 1 aromatic rings. The number of rotatable bonds is 5. The van der Waals surface area contributed by atoms with Gasteiger partial charge in [0.05, 0.1) is 0 Å². The first-order valence-electron chi connectivity index (χ1n) is 8.76. The van der Waals surface area contributed by atoms with E-state index in [-0.39, 0.29) is 11.3 Å². The van der Waals surface area contributed by atoms with Gasteiger partial charge in [0.15, 0.2) is 5.82 Å². The standard InChI is InChI=1S/C17H25N3O2/c1-2-18-14(21)3-4-15-19-16(20-22-15)17-8-11-5-12(9-17)7-13(6-11)10-17/h11-13H,2-10H2,1H3,(H,18,21). The van der Waals surface area contributed by atoms with Crippen LogP contribution < -0.4 is 5.32 Å². The van der Waals surface area contributed by atoms with Gasteiger partial charge in [-0.3, -0.25) is 4.79 Å². The van der Waals surface area contributed by atoms with Crippen LogP contribution in [0.5, 0.6) is 0 Å². The number of aryl methyl sites for hydroxylation is 1. The van der Waals surface area contributed by atoms with Crippen LogP contribution in [0.2, 0.25) is 0 Å². The summed E-state index contributed by atoms with van der Waals surface area (Å²) >= 11 is 0. The van der Waals surface area contributed by atoms with E-state index in [1.54, 1.807) is 0 Å². The zero-order chi connectivity index (χ0) is 15.2. The average Bonchev–Trinajstić information content (AvgIpc) is 2.94. The minimum Gasteiger partial charge on any atom is -0.356 e. The van der Waals surface area contributed by atoms with E-state index in [2.05, 4.69) is 15.5 Å². The molecule has 4 aliphatic carbocycles. The summed E-state index contributed by atoms with van der Waals surface area (Å²) in [7, 11) is 0. The van der Waals surface area contributed by atoms with Gasteiger partial charge in [-0.1, -0.05) is 5.16 Å². The van der Waals surface area contributed by atoms with E-state index in [9.17, 15) is 4.79 Å². The third-order valence-corrected chi connectivity index (χ3v) is 5.92. The zero-order valence-corrected chi connectivity index (χ0v) is 13.3. The molecule has 120 valence electrons. The van der Waals surface area contributed by atoms with Crippen molar-refractivity contribution in [3.63, 3.8) is 0 Å². The summed E-state index contributed by atoms with van der Waals surface area (Å²) < 4.78 is 5.44. The summed E-state index contributed by atoms with van der Waals surface area (Å²) in [6.45, 7) is 2.59. The molecule has 1 heterocycles. The lowest BCUT2D eigenvalue weighted by Crippen LogP contribution is -2.49. The van der Waals surface area contributed by atoms with E-state index >= 15 is 0 Å². The number of carbonyl (C=O) groups excluding carboxylic acids is 1. The van der Waals surface area contributed by atoms with Crippen molar-refractivity contribution in [3.8, 4) is 0 Å². The van der Waals surface area contributed by atoms with Gasteiger partial charge in [-0.15, -0.1) is 0 Å². The number of amides is 1. The molecule has 4 aliphatic rings. The first-order chi connectivity index (χ1) is 10.7. The van der Waals surface area contributed by atoms with Gasteiger partial charge in [0.25, 0.3) is 0 Å². The van der Waals surface area contributed by atoms with Crippen LogP contribution in [0.25, 0.3) is 0 Å². The SMILES string of the molecule is CCNC(=O)CCc1nc(C23CC4CC(CC(C4)C2)C3)no1. The van der Waals surface area contributed by atoms with Crippen molar-refractivity contribution in [2.45, 2.75) is 63.7 Å². The van der Waals surface area contributed by atoms with Gasteiger partial charge in [-0.25, -0.2) is 0 Å². The van der Waals surface area contributed by atoms with Crippen molar-refractivity contribution in [2.24, 2.45) is 17.8 Å². The third kappa shape index (κ3) is 2.44. The molecule has 0 aliphatic heterocycles. The van der Waals surface area contributed by atoms with Crippen molar-refractivity contribution in [2.75, 3.05) is 6.54 Å². The maximum Gasteiger partial charge on any atom is 0.227 e. The summed E-state index contributed by atoms with van der Waals surface area (Å²) in [5.41, 5.74) is 0.183. The normalized spacial score (nSPS) is 35.8. The molecule has 1 amide bonds. The molecule has 0 radical (unpaired) electrons. The smallest absolute Gasteiger partial charge is 0.227 e. The highest BCUT2D eigenvalue weighted by Crippen LogP contribution is 2.60. The van der Waals surface area contributed by atoms with Gasteiger partial charge in [0.1, 0.15) is 0 Å². The van der Waals surface area contributed by atoms with Crippen LogP contribution in [0.4, 0.5) is 0 Å². The Hall–Kier alpha value is -1.39. The number of nitrogens with zero attached hydrogens (tertiary/aromatic N) is 2. The average molecular weight is 303 g/mol. The summed E-state index contributed by atoms with van der Waals surface area (Å²) in [5.74, 6) is 4.24. The Morgan fingerprint density at radius 2 is 1.86 bits per heavy atom. The Morgan fingerprint density at radius 1 is 1.23 bits per heavy atom. The molecule has 0 saturated heterocycles. The molecule has 1 N–H and O–H groups in total. The highest BCUT2D eigenvalue weighted by atomic mass is 16.5. The van der Waals surface area contributed by atoms with Gasteiger partial charge in [-0.2, -0.15) is 4.98 Å². The van der Waals surface area contributed by atoms with Gasteiger partial charge >= 0.3 is 0 Å². The molecule has 0 spiro atoms. The largest absolute Gasteiger partial charge is 0.356 e. The van der Waals surface area contributed by atoms with Crippen LogP contribution in [0.15, 0.2) is 4.52 Å². The van der Waals surface area contributed by atoms with E-state index in [0.717, 1.165) is 23.6 Å². The predicted octanol–water partition coefficient (Wildman–Crippen LogP) is 2.61. The molecule has 1 aromatic heterocycles. The summed E-state index contributed by atoms with van der Waals surface area (Å²) in [5, 5.41) is 7.11. The van der Waals surface area contributed by atoms with Gasteiger partial charge in [0, 0.05) is 24.8 Å². The van der Waals surface area contributed by atoms with E-state index in [1.165, 1.54) is 38.5 Å². The Labute approximate surface area is 131 Å². The lowest BCUT2D eigenvalue weighted by atomic mass is 9.49. The highest BCUT2D eigenvalue weighted by Gasteiger charge is 2.53. The van der Waals surface area contributed by atoms with Crippen LogP contribution in [0.3, 0.4) is 0 Å². The number of hydrogen-bond acceptors (Lipinski definition) is 4. The molecule has 5 nitrogen and oxygen atoms in total. The fraction of sp³-hybridized carbons (Fsp3) is 0.824. The minimum absolute atomic E-state index is 0.0528. The topological polar surface area (TPSA) is 68.0 Å². The van der Waals surface area contributed by atoms with Crippen LogP contribution in [0.1, 0.15) is 63.6 Å². The lowest BCUT2D eigenvalue weighted by molar-refractivity contribution is -0.121. The van der Waals surface area contributed by atoms with E-state index in [1.807, 2.05) is 6.92 Å². The number of hydrogen-bond donors (Lipinski definition) is 1. The Balaban J connectivity index is 1.46. The molecule has 5 rings (SSSR count). The van der Waals surface area contributed by atoms with E-state index in [0.29, 0.717) is 25.3 Å². The van der Waals surface area contributed by atoms with E-state index in [4.69, 9.17) is 4.52 Å². The minimum atomic E-state index is 0.0528.